The first-order valence-corrected chi connectivity index (χ1v) is 6.11. The van der Waals surface area contributed by atoms with Crippen LogP contribution in [0.5, 0.6) is 11.5 Å². The summed E-state index contributed by atoms with van der Waals surface area (Å²) in [5.41, 5.74) is 0.200. The molecule has 1 atom stereocenters. The van der Waals surface area contributed by atoms with Gasteiger partial charge in [-0.2, -0.15) is 0 Å². The van der Waals surface area contributed by atoms with E-state index >= 15 is 0 Å². The summed E-state index contributed by atoms with van der Waals surface area (Å²) < 4.78 is 10.6. The third-order valence-corrected chi connectivity index (χ3v) is 2.64. The summed E-state index contributed by atoms with van der Waals surface area (Å²) in [5, 5.41) is 2.82. The standard InChI is InChI=1S/C14H14ClNO4/c1-4-5-16-14(18)9(2)20-13-10(8-17)6-11(15)7-12(13)19-3/h1,6-9H,5H2,2-3H3,(H,16,18). The van der Waals surface area contributed by atoms with Crippen molar-refractivity contribution in [3.8, 4) is 23.8 Å². The van der Waals surface area contributed by atoms with Crippen LogP contribution in [0.25, 0.3) is 0 Å². The van der Waals surface area contributed by atoms with Crippen LogP contribution in [-0.2, 0) is 4.79 Å². The molecule has 0 bridgehead atoms. The average molecular weight is 296 g/mol. The molecule has 0 aliphatic rings. The molecule has 0 aliphatic carbocycles. The van der Waals surface area contributed by atoms with Gasteiger partial charge >= 0.3 is 0 Å². The fourth-order valence-electron chi connectivity index (χ4n) is 1.47. The van der Waals surface area contributed by atoms with Crippen molar-refractivity contribution in [3.63, 3.8) is 0 Å². The molecule has 1 N–H and O–H groups in total. The molecule has 20 heavy (non-hydrogen) atoms. The van der Waals surface area contributed by atoms with Gasteiger partial charge in [0.15, 0.2) is 23.9 Å². The zero-order valence-electron chi connectivity index (χ0n) is 11.1. The van der Waals surface area contributed by atoms with E-state index in [0.717, 1.165) is 0 Å². The van der Waals surface area contributed by atoms with Crippen molar-refractivity contribution in [1.82, 2.24) is 5.32 Å². The van der Waals surface area contributed by atoms with Crippen molar-refractivity contribution in [3.05, 3.63) is 22.7 Å². The molecular formula is C14H14ClNO4. The van der Waals surface area contributed by atoms with E-state index in [4.69, 9.17) is 27.5 Å². The Labute approximate surface area is 122 Å². The highest BCUT2D eigenvalue weighted by Gasteiger charge is 2.19. The second kappa shape index (κ2) is 7.41. The van der Waals surface area contributed by atoms with Gasteiger partial charge in [0.05, 0.1) is 19.2 Å². The minimum atomic E-state index is -0.836. The zero-order valence-corrected chi connectivity index (χ0v) is 11.9. The lowest BCUT2D eigenvalue weighted by Crippen LogP contribution is -2.36. The largest absolute Gasteiger partial charge is 0.493 e. The molecule has 0 fully saturated rings. The second-order valence-corrected chi connectivity index (χ2v) is 4.26. The summed E-state index contributed by atoms with van der Waals surface area (Å²) in [6.45, 7) is 1.64. The Kier molecular flexibility index (Phi) is 5.88. The maximum absolute atomic E-state index is 11.7. The Morgan fingerprint density at radius 3 is 2.85 bits per heavy atom. The van der Waals surface area contributed by atoms with Crippen LogP contribution in [0, 0.1) is 12.3 Å². The number of benzene rings is 1. The Morgan fingerprint density at radius 1 is 1.60 bits per heavy atom. The smallest absolute Gasteiger partial charge is 0.261 e. The van der Waals surface area contributed by atoms with Crippen molar-refractivity contribution in [2.45, 2.75) is 13.0 Å². The van der Waals surface area contributed by atoms with E-state index in [9.17, 15) is 9.59 Å². The lowest BCUT2D eigenvalue weighted by Gasteiger charge is -2.17. The number of methoxy groups -OCH3 is 1. The Bertz CT molecular complexity index is 551. The number of ether oxygens (including phenoxy) is 2. The van der Waals surface area contributed by atoms with E-state index < -0.39 is 12.0 Å². The second-order valence-electron chi connectivity index (χ2n) is 3.83. The average Bonchev–Trinajstić information content (AvgIpc) is 2.45. The molecule has 106 valence electrons. The predicted octanol–water partition coefficient (Wildman–Crippen LogP) is 1.68. The molecule has 0 spiro atoms. The zero-order chi connectivity index (χ0) is 15.1. The summed E-state index contributed by atoms with van der Waals surface area (Å²) in [5.74, 6) is 2.33. The van der Waals surface area contributed by atoms with Gasteiger partial charge in [0.1, 0.15) is 0 Å². The summed E-state index contributed by atoms with van der Waals surface area (Å²) in [6, 6.07) is 2.93. The summed E-state index contributed by atoms with van der Waals surface area (Å²) in [7, 11) is 1.41. The molecule has 1 aromatic carbocycles. The van der Waals surface area contributed by atoms with Crippen LogP contribution in [-0.4, -0.2) is 32.0 Å². The highest BCUT2D eigenvalue weighted by Crippen LogP contribution is 2.34. The molecular weight excluding hydrogens is 282 g/mol. The van der Waals surface area contributed by atoms with Crippen LogP contribution < -0.4 is 14.8 Å². The number of carbonyl (C=O) groups is 2. The van der Waals surface area contributed by atoms with Crippen molar-refractivity contribution in [2.75, 3.05) is 13.7 Å². The van der Waals surface area contributed by atoms with Gasteiger partial charge in [0.25, 0.3) is 5.91 Å². The fraction of sp³-hybridized carbons (Fsp3) is 0.286. The van der Waals surface area contributed by atoms with Gasteiger partial charge in [-0.3, -0.25) is 9.59 Å². The molecule has 0 aliphatic heterocycles. The molecule has 1 amide bonds. The Morgan fingerprint density at radius 2 is 2.30 bits per heavy atom. The minimum Gasteiger partial charge on any atom is -0.493 e. The van der Waals surface area contributed by atoms with Gasteiger partial charge in [0, 0.05) is 11.1 Å². The summed E-state index contributed by atoms with van der Waals surface area (Å²) >= 11 is 5.85. The summed E-state index contributed by atoms with van der Waals surface area (Å²) in [6.07, 6.45) is 4.79. The quantitative estimate of drug-likeness (QED) is 0.640. The topological polar surface area (TPSA) is 64.6 Å². The highest BCUT2D eigenvalue weighted by molar-refractivity contribution is 6.31. The number of hydrogen-bond donors (Lipinski definition) is 1. The molecule has 0 saturated heterocycles. The minimum absolute atomic E-state index is 0.102. The molecule has 6 heteroatoms. The number of hydrogen-bond acceptors (Lipinski definition) is 4. The van der Waals surface area contributed by atoms with Crippen LogP contribution in [0.15, 0.2) is 12.1 Å². The fourth-order valence-corrected chi connectivity index (χ4v) is 1.68. The first kappa shape index (κ1) is 15.9. The SMILES string of the molecule is C#CCNC(=O)C(C)Oc1c(C=O)cc(Cl)cc1OC. The number of carbonyl (C=O) groups excluding carboxylic acids is 2. The normalized spacial score (nSPS) is 11.1. The van der Waals surface area contributed by atoms with E-state index in [1.54, 1.807) is 0 Å². The van der Waals surface area contributed by atoms with Crippen molar-refractivity contribution in [2.24, 2.45) is 0 Å². The number of terminal acetylenes is 1. The van der Waals surface area contributed by atoms with Gasteiger partial charge in [0.2, 0.25) is 0 Å². The van der Waals surface area contributed by atoms with Crippen molar-refractivity contribution in [1.29, 1.82) is 0 Å². The number of nitrogens with one attached hydrogen (secondary N) is 1. The molecule has 0 aromatic heterocycles. The lowest BCUT2D eigenvalue weighted by molar-refractivity contribution is -0.127. The first-order valence-electron chi connectivity index (χ1n) is 5.74. The van der Waals surface area contributed by atoms with Crippen LogP contribution >= 0.6 is 11.6 Å². The van der Waals surface area contributed by atoms with Crippen LogP contribution in [0.1, 0.15) is 17.3 Å². The van der Waals surface area contributed by atoms with E-state index in [1.807, 2.05) is 0 Å². The molecule has 0 heterocycles. The van der Waals surface area contributed by atoms with E-state index in [-0.39, 0.29) is 23.6 Å². The third kappa shape index (κ3) is 3.90. The van der Waals surface area contributed by atoms with Crippen LogP contribution in [0.3, 0.4) is 0 Å². The van der Waals surface area contributed by atoms with Gasteiger partial charge in [-0.1, -0.05) is 17.5 Å². The van der Waals surface area contributed by atoms with Crippen molar-refractivity contribution >= 4 is 23.8 Å². The first-order chi connectivity index (χ1) is 9.53. The van der Waals surface area contributed by atoms with E-state index in [1.165, 1.54) is 26.2 Å². The maximum atomic E-state index is 11.7. The van der Waals surface area contributed by atoms with Gasteiger partial charge in [-0.25, -0.2) is 0 Å². The Balaban J connectivity index is 2.99. The summed E-state index contributed by atoms with van der Waals surface area (Å²) in [4.78, 5) is 22.7. The van der Waals surface area contributed by atoms with Crippen LogP contribution in [0.2, 0.25) is 5.02 Å². The molecule has 1 unspecified atom stereocenters. The third-order valence-electron chi connectivity index (χ3n) is 2.42. The maximum Gasteiger partial charge on any atom is 0.261 e. The van der Waals surface area contributed by atoms with Gasteiger partial charge in [-0.05, 0) is 13.0 Å². The van der Waals surface area contributed by atoms with Gasteiger partial charge in [-0.15, -0.1) is 6.42 Å². The molecule has 5 nitrogen and oxygen atoms in total. The number of rotatable bonds is 6. The van der Waals surface area contributed by atoms with E-state index in [0.29, 0.717) is 11.3 Å². The van der Waals surface area contributed by atoms with Crippen LogP contribution in [0.4, 0.5) is 0 Å². The number of aldehydes is 1. The predicted molar refractivity (Wildman–Crippen MR) is 75.3 cm³/mol. The van der Waals surface area contributed by atoms with E-state index in [2.05, 4.69) is 11.2 Å². The highest BCUT2D eigenvalue weighted by atomic mass is 35.5. The van der Waals surface area contributed by atoms with Gasteiger partial charge < -0.3 is 14.8 Å². The lowest BCUT2D eigenvalue weighted by atomic mass is 10.2. The monoisotopic (exact) mass is 295 g/mol. The number of amides is 1. The van der Waals surface area contributed by atoms with Crippen molar-refractivity contribution < 1.29 is 19.1 Å². The Hall–Kier alpha value is -2.19. The molecule has 1 aromatic rings. The number of halogens is 1. The molecule has 1 rings (SSSR count). The molecule has 0 radical (unpaired) electrons. The molecule has 0 saturated carbocycles.